The Bertz CT molecular complexity index is 569. The normalized spacial score (nSPS) is 18.9. The van der Waals surface area contributed by atoms with Crippen molar-refractivity contribution in [3.8, 4) is 0 Å². The van der Waals surface area contributed by atoms with Gasteiger partial charge in [-0.2, -0.15) is 0 Å². The predicted molar refractivity (Wildman–Crippen MR) is 73.7 cm³/mol. The number of anilines is 1. The third-order valence-electron chi connectivity index (χ3n) is 3.16. The summed E-state index contributed by atoms with van der Waals surface area (Å²) < 4.78 is 11.1. The van der Waals surface area contributed by atoms with Crippen LogP contribution < -0.4 is 5.32 Å². The van der Waals surface area contributed by atoms with Crippen molar-refractivity contribution in [2.24, 2.45) is 0 Å². The van der Waals surface area contributed by atoms with E-state index in [0.29, 0.717) is 35.8 Å². The molecule has 1 aliphatic rings. The number of ether oxygens (including phenoxy) is 1. The van der Waals surface area contributed by atoms with E-state index in [2.05, 4.69) is 20.5 Å². The molecule has 0 amide bonds. The molecule has 0 aromatic carbocycles. The first kappa shape index (κ1) is 13.3. The summed E-state index contributed by atoms with van der Waals surface area (Å²) in [5, 5.41) is 11.8. The second-order valence-electron chi connectivity index (χ2n) is 4.64. The minimum Gasteiger partial charge on any atom is -0.423 e. The van der Waals surface area contributed by atoms with E-state index in [-0.39, 0.29) is 5.92 Å². The first-order valence-electron chi connectivity index (χ1n) is 6.57. The van der Waals surface area contributed by atoms with Crippen molar-refractivity contribution in [2.75, 3.05) is 18.5 Å². The summed E-state index contributed by atoms with van der Waals surface area (Å²) in [7, 11) is 0. The summed E-state index contributed by atoms with van der Waals surface area (Å²) in [5.74, 6) is 1.99. The number of nitrogens with zero attached hydrogens (tertiary/aromatic N) is 3. The number of rotatable bonds is 4. The Morgan fingerprint density at radius 3 is 3.15 bits per heavy atom. The molecule has 7 heteroatoms. The van der Waals surface area contributed by atoms with E-state index in [1.165, 1.54) is 0 Å². The molecule has 1 fully saturated rings. The second-order valence-corrected chi connectivity index (χ2v) is 5.04. The van der Waals surface area contributed by atoms with Crippen LogP contribution in [0.5, 0.6) is 0 Å². The van der Waals surface area contributed by atoms with E-state index >= 15 is 0 Å². The maximum absolute atomic E-state index is 6.01. The molecular weight excluding hydrogens is 280 g/mol. The maximum Gasteiger partial charge on any atom is 0.235 e. The summed E-state index contributed by atoms with van der Waals surface area (Å²) >= 11 is 6.01. The molecule has 1 saturated heterocycles. The molecule has 0 bridgehead atoms. The predicted octanol–water partition coefficient (Wildman–Crippen LogP) is 2.62. The number of hydrogen-bond donors (Lipinski definition) is 1. The quantitative estimate of drug-likeness (QED) is 0.934. The van der Waals surface area contributed by atoms with Gasteiger partial charge in [-0.15, -0.1) is 10.2 Å². The lowest BCUT2D eigenvalue weighted by molar-refractivity contribution is 0.0722. The molecule has 1 N–H and O–H groups in total. The molecule has 6 nitrogen and oxygen atoms in total. The SMILES string of the molecule is Clc1cccnc1NCc1nnc(C2CCCOC2)o1. The first-order chi connectivity index (χ1) is 9.83. The lowest BCUT2D eigenvalue weighted by Gasteiger charge is -2.18. The Kier molecular flexibility index (Phi) is 4.13. The Balaban J connectivity index is 1.61. The standard InChI is InChI=1S/C13H15ClN4O2/c14-10-4-1-5-15-12(10)16-7-11-17-18-13(20-11)9-3-2-6-19-8-9/h1,4-5,9H,2-3,6-8H2,(H,15,16). The maximum atomic E-state index is 6.01. The van der Waals surface area contributed by atoms with Crippen LogP contribution in [0.3, 0.4) is 0 Å². The molecule has 2 aromatic rings. The van der Waals surface area contributed by atoms with Gasteiger partial charge >= 0.3 is 0 Å². The van der Waals surface area contributed by atoms with Crippen molar-refractivity contribution in [2.45, 2.75) is 25.3 Å². The van der Waals surface area contributed by atoms with Crippen LogP contribution in [0.4, 0.5) is 5.82 Å². The van der Waals surface area contributed by atoms with Gasteiger partial charge in [0, 0.05) is 12.8 Å². The third kappa shape index (κ3) is 3.08. The fraction of sp³-hybridized carbons (Fsp3) is 0.462. The van der Waals surface area contributed by atoms with Gasteiger partial charge < -0.3 is 14.5 Å². The minimum absolute atomic E-state index is 0.212. The Hall–Kier alpha value is -1.66. The van der Waals surface area contributed by atoms with Gasteiger partial charge in [-0.25, -0.2) is 4.98 Å². The van der Waals surface area contributed by atoms with Crippen molar-refractivity contribution in [1.29, 1.82) is 0 Å². The molecule has 0 saturated carbocycles. The Morgan fingerprint density at radius 1 is 1.40 bits per heavy atom. The summed E-state index contributed by atoms with van der Waals surface area (Å²) in [5.41, 5.74) is 0. The molecule has 0 spiro atoms. The second kappa shape index (κ2) is 6.19. The monoisotopic (exact) mass is 294 g/mol. The first-order valence-corrected chi connectivity index (χ1v) is 6.95. The van der Waals surface area contributed by atoms with Crippen molar-refractivity contribution in [1.82, 2.24) is 15.2 Å². The number of nitrogens with one attached hydrogen (secondary N) is 1. The molecule has 1 atom stereocenters. The van der Waals surface area contributed by atoms with Gasteiger partial charge in [0.25, 0.3) is 0 Å². The zero-order chi connectivity index (χ0) is 13.8. The number of hydrogen-bond acceptors (Lipinski definition) is 6. The smallest absolute Gasteiger partial charge is 0.235 e. The number of pyridine rings is 1. The summed E-state index contributed by atoms with van der Waals surface area (Å²) in [6.07, 6.45) is 3.73. The van der Waals surface area contributed by atoms with Crippen LogP contribution in [0.25, 0.3) is 0 Å². The van der Waals surface area contributed by atoms with Gasteiger partial charge in [0.2, 0.25) is 11.8 Å². The van der Waals surface area contributed by atoms with Crippen molar-refractivity contribution < 1.29 is 9.15 Å². The molecule has 1 unspecified atom stereocenters. The Labute approximate surface area is 121 Å². The van der Waals surface area contributed by atoms with Crippen molar-refractivity contribution >= 4 is 17.4 Å². The van der Waals surface area contributed by atoms with E-state index in [1.54, 1.807) is 18.3 Å². The molecule has 0 aliphatic carbocycles. The molecule has 20 heavy (non-hydrogen) atoms. The van der Waals surface area contributed by atoms with Crippen LogP contribution in [0.2, 0.25) is 5.02 Å². The van der Waals surface area contributed by atoms with Crippen LogP contribution in [-0.4, -0.2) is 28.4 Å². The summed E-state index contributed by atoms with van der Waals surface area (Å²) in [4.78, 5) is 4.14. The van der Waals surface area contributed by atoms with Crippen LogP contribution in [0, 0.1) is 0 Å². The van der Waals surface area contributed by atoms with E-state index in [0.717, 1.165) is 19.4 Å². The summed E-state index contributed by atoms with van der Waals surface area (Å²) in [6.45, 7) is 1.87. The largest absolute Gasteiger partial charge is 0.423 e. The zero-order valence-corrected chi connectivity index (χ0v) is 11.6. The van der Waals surface area contributed by atoms with E-state index in [9.17, 15) is 0 Å². The molecule has 1 aliphatic heterocycles. The molecule has 3 rings (SSSR count). The van der Waals surface area contributed by atoms with Gasteiger partial charge in [-0.1, -0.05) is 11.6 Å². The fourth-order valence-corrected chi connectivity index (χ4v) is 2.30. The van der Waals surface area contributed by atoms with Gasteiger partial charge in [-0.05, 0) is 25.0 Å². The van der Waals surface area contributed by atoms with Crippen LogP contribution in [0.15, 0.2) is 22.7 Å². The average molecular weight is 295 g/mol. The summed E-state index contributed by atoms with van der Waals surface area (Å²) in [6, 6.07) is 3.55. The van der Waals surface area contributed by atoms with Gasteiger partial charge in [0.05, 0.1) is 24.1 Å². The lowest BCUT2D eigenvalue weighted by Crippen LogP contribution is -2.15. The van der Waals surface area contributed by atoms with Crippen molar-refractivity contribution in [3.05, 3.63) is 35.1 Å². The molecule has 3 heterocycles. The number of aromatic nitrogens is 3. The van der Waals surface area contributed by atoms with Crippen LogP contribution >= 0.6 is 11.6 Å². The van der Waals surface area contributed by atoms with Gasteiger partial charge in [-0.3, -0.25) is 0 Å². The molecular formula is C13H15ClN4O2. The average Bonchev–Trinajstić information content (AvgIpc) is 2.96. The number of halogens is 1. The highest BCUT2D eigenvalue weighted by Gasteiger charge is 2.21. The van der Waals surface area contributed by atoms with Gasteiger partial charge in [0.15, 0.2) is 0 Å². The topological polar surface area (TPSA) is 73.1 Å². The zero-order valence-electron chi connectivity index (χ0n) is 10.9. The van der Waals surface area contributed by atoms with Crippen LogP contribution in [0.1, 0.15) is 30.5 Å². The Morgan fingerprint density at radius 2 is 2.35 bits per heavy atom. The highest BCUT2D eigenvalue weighted by atomic mass is 35.5. The molecule has 0 radical (unpaired) electrons. The third-order valence-corrected chi connectivity index (χ3v) is 3.46. The van der Waals surface area contributed by atoms with Crippen molar-refractivity contribution in [3.63, 3.8) is 0 Å². The van der Waals surface area contributed by atoms with E-state index < -0.39 is 0 Å². The van der Waals surface area contributed by atoms with Crippen LogP contribution in [-0.2, 0) is 11.3 Å². The molecule has 106 valence electrons. The molecule has 2 aromatic heterocycles. The fourth-order valence-electron chi connectivity index (χ4n) is 2.11. The highest BCUT2D eigenvalue weighted by Crippen LogP contribution is 2.24. The lowest BCUT2D eigenvalue weighted by atomic mass is 10.0. The van der Waals surface area contributed by atoms with E-state index in [1.807, 2.05) is 0 Å². The minimum atomic E-state index is 0.212. The van der Waals surface area contributed by atoms with E-state index in [4.69, 9.17) is 20.8 Å². The van der Waals surface area contributed by atoms with Gasteiger partial charge in [0.1, 0.15) is 5.82 Å². The highest BCUT2D eigenvalue weighted by molar-refractivity contribution is 6.32.